The summed E-state index contributed by atoms with van der Waals surface area (Å²) in [6.45, 7) is 22.2. The minimum absolute atomic E-state index is 0.0404. The third-order valence-corrected chi connectivity index (χ3v) is 7.73. The Morgan fingerprint density at radius 2 is 1.32 bits per heavy atom. The standard InChI is InChI=1S/C38H57N3O6/c1-13-38(11,12)41(33(43)29(23-25(2)3)40-35(45)47-37(8,9)10)31(28-22-18-17-19-26(28)4)32(42)39-30(34(44)46-36(5,6)7)24-27-20-15-14-16-21-27/h14-22,25,29-31H,13,23-24H2,1-12H3,(H,39,42)(H,40,45). The number of amides is 3. The molecule has 3 atom stereocenters. The lowest BCUT2D eigenvalue weighted by molar-refractivity contribution is -0.159. The Kier molecular flexibility index (Phi) is 13.6. The number of hydrogen-bond donors (Lipinski definition) is 2. The van der Waals surface area contributed by atoms with E-state index in [0.29, 0.717) is 18.4 Å². The van der Waals surface area contributed by atoms with Crippen molar-refractivity contribution >= 4 is 23.9 Å². The average Bonchev–Trinajstić information content (AvgIpc) is 2.93. The molecule has 0 aromatic heterocycles. The second-order valence-electron chi connectivity index (χ2n) is 15.2. The lowest BCUT2D eigenvalue weighted by atomic mass is 9.89. The molecule has 2 aromatic carbocycles. The molecule has 0 fully saturated rings. The molecule has 9 nitrogen and oxygen atoms in total. The first-order valence-electron chi connectivity index (χ1n) is 16.6. The van der Waals surface area contributed by atoms with Crippen LogP contribution in [0.5, 0.6) is 0 Å². The van der Waals surface area contributed by atoms with Crippen molar-refractivity contribution in [3.8, 4) is 0 Å². The molecule has 0 radical (unpaired) electrons. The van der Waals surface area contributed by atoms with Crippen molar-refractivity contribution in [3.05, 3.63) is 71.3 Å². The molecule has 0 bridgehead atoms. The van der Waals surface area contributed by atoms with Crippen LogP contribution in [0.3, 0.4) is 0 Å². The zero-order valence-electron chi connectivity index (χ0n) is 30.5. The van der Waals surface area contributed by atoms with Crippen molar-refractivity contribution < 1.29 is 28.7 Å². The van der Waals surface area contributed by atoms with Gasteiger partial charge in [-0.3, -0.25) is 9.59 Å². The van der Waals surface area contributed by atoms with E-state index in [9.17, 15) is 19.2 Å². The predicted molar refractivity (Wildman–Crippen MR) is 186 cm³/mol. The lowest BCUT2D eigenvalue weighted by Crippen LogP contribution is -2.60. The number of aryl methyl sites for hydroxylation is 1. The number of ether oxygens (including phenoxy) is 2. The van der Waals surface area contributed by atoms with Gasteiger partial charge >= 0.3 is 12.1 Å². The van der Waals surface area contributed by atoms with Gasteiger partial charge in [-0.25, -0.2) is 9.59 Å². The molecule has 0 spiro atoms. The molecule has 0 aliphatic heterocycles. The first-order chi connectivity index (χ1) is 21.6. The number of rotatable bonds is 13. The Morgan fingerprint density at radius 3 is 1.83 bits per heavy atom. The molecule has 260 valence electrons. The summed E-state index contributed by atoms with van der Waals surface area (Å²) in [6, 6.07) is 13.7. The second kappa shape index (κ2) is 16.3. The van der Waals surface area contributed by atoms with E-state index in [1.807, 2.05) is 96.1 Å². The van der Waals surface area contributed by atoms with Gasteiger partial charge in [0, 0.05) is 12.0 Å². The second-order valence-corrected chi connectivity index (χ2v) is 15.2. The SMILES string of the molecule is CCC(C)(C)N(C(=O)C(CC(C)C)NC(=O)OC(C)(C)C)C(C(=O)NC(Cc1ccccc1)C(=O)OC(C)(C)C)c1ccccc1C. The Bertz CT molecular complexity index is 1360. The van der Waals surface area contributed by atoms with Crippen molar-refractivity contribution in [2.45, 2.75) is 137 Å². The number of carbonyl (C=O) groups is 4. The van der Waals surface area contributed by atoms with Crippen LogP contribution in [0.15, 0.2) is 54.6 Å². The number of carbonyl (C=O) groups excluding carboxylic acids is 4. The predicted octanol–water partition coefficient (Wildman–Crippen LogP) is 7.06. The van der Waals surface area contributed by atoms with Gasteiger partial charge in [0.25, 0.3) is 0 Å². The third-order valence-electron chi connectivity index (χ3n) is 7.73. The molecule has 2 aromatic rings. The molecule has 47 heavy (non-hydrogen) atoms. The van der Waals surface area contributed by atoms with E-state index in [0.717, 1.165) is 11.1 Å². The molecule has 0 saturated heterocycles. The first kappa shape index (κ1) is 39.3. The Balaban J connectivity index is 2.71. The maximum atomic E-state index is 14.8. The number of esters is 1. The summed E-state index contributed by atoms with van der Waals surface area (Å²) >= 11 is 0. The van der Waals surface area contributed by atoms with Crippen LogP contribution in [-0.2, 0) is 30.3 Å². The van der Waals surface area contributed by atoms with Crippen molar-refractivity contribution in [2.75, 3.05) is 0 Å². The summed E-state index contributed by atoms with van der Waals surface area (Å²) in [7, 11) is 0. The molecular weight excluding hydrogens is 594 g/mol. The topological polar surface area (TPSA) is 114 Å². The van der Waals surface area contributed by atoms with Crippen molar-refractivity contribution in [1.82, 2.24) is 15.5 Å². The highest BCUT2D eigenvalue weighted by molar-refractivity contribution is 5.94. The summed E-state index contributed by atoms with van der Waals surface area (Å²) < 4.78 is 11.3. The zero-order chi connectivity index (χ0) is 35.7. The normalized spacial score (nSPS) is 14.1. The summed E-state index contributed by atoms with van der Waals surface area (Å²) in [6.07, 6.45) is 0.318. The molecule has 0 aliphatic carbocycles. The molecule has 2 N–H and O–H groups in total. The fourth-order valence-corrected chi connectivity index (χ4v) is 5.21. The zero-order valence-corrected chi connectivity index (χ0v) is 30.5. The van der Waals surface area contributed by atoms with E-state index in [1.54, 1.807) is 46.4 Å². The summed E-state index contributed by atoms with van der Waals surface area (Å²) in [5.74, 6) is -1.48. The van der Waals surface area contributed by atoms with Gasteiger partial charge in [-0.1, -0.05) is 75.4 Å². The van der Waals surface area contributed by atoms with E-state index < -0.39 is 58.7 Å². The largest absolute Gasteiger partial charge is 0.458 e. The van der Waals surface area contributed by atoms with Gasteiger partial charge in [-0.2, -0.15) is 0 Å². The highest BCUT2D eigenvalue weighted by Gasteiger charge is 2.44. The van der Waals surface area contributed by atoms with Gasteiger partial charge in [0.15, 0.2) is 0 Å². The minimum Gasteiger partial charge on any atom is -0.458 e. The smallest absolute Gasteiger partial charge is 0.408 e. The van der Waals surface area contributed by atoms with E-state index >= 15 is 0 Å². The van der Waals surface area contributed by atoms with Gasteiger partial charge in [-0.05, 0) is 97.8 Å². The molecule has 0 saturated carbocycles. The van der Waals surface area contributed by atoms with Gasteiger partial charge in [0.1, 0.15) is 29.3 Å². The molecule has 3 amide bonds. The number of nitrogens with one attached hydrogen (secondary N) is 2. The van der Waals surface area contributed by atoms with Gasteiger partial charge < -0.3 is 25.0 Å². The summed E-state index contributed by atoms with van der Waals surface area (Å²) in [5.41, 5.74) is -0.131. The molecular formula is C38H57N3O6. The fraction of sp³-hybridized carbons (Fsp3) is 0.579. The van der Waals surface area contributed by atoms with E-state index in [4.69, 9.17) is 9.47 Å². The number of alkyl carbamates (subject to hydrolysis) is 1. The molecule has 2 rings (SSSR count). The quantitative estimate of drug-likeness (QED) is 0.224. The number of hydrogen-bond acceptors (Lipinski definition) is 6. The third kappa shape index (κ3) is 12.3. The maximum absolute atomic E-state index is 14.8. The van der Waals surface area contributed by atoms with Gasteiger partial charge in [0.05, 0.1) is 0 Å². The Morgan fingerprint density at radius 1 is 0.766 bits per heavy atom. The fourth-order valence-electron chi connectivity index (χ4n) is 5.21. The van der Waals surface area contributed by atoms with Crippen LogP contribution in [0.1, 0.15) is 112 Å². The number of benzene rings is 2. The van der Waals surface area contributed by atoms with E-state index in [2.05, 4.69) is 10.6 Å². The molecule has 0 heterocycles. The van der Waals surface area contributed by atoms with Crippen LogP contribution >= 0.6 is 0 Å². The van der Waals surface area contributed by atoms with E-state index in [1.165, 1.54) is 0 Å². The number of nitrogens with zero attached hydrogens (tertiary/aromatic N) is 1. The molecule has 3 unspecified atom stereocenters. The van der Waals surface area contributed by atoms with Crippen LogP contribution in [0.4, 0.5) is 4.79 Å². The highest BCUT2D eigenvalue weighted by Crippen LogP contribution is 2.34. The lowest BCUT2D eigenvalue weighted by Gasteiger charge is -2.45. The monoisotopic (exact) mass is 651 g/mol. The Labute approximate surface area is 282 Å². The van der Waals surface area contributed by atoms with Crippen molar-refractivity contribution in [1.29, 1.82) is 0 Å². The Hall–Kier alpha value is -3.88. The molecule has 9 heteroatoms. The minimum atomic E-state index is -1.13. The molecule has 0 aliphatic rings. The van der Waals surface area contributed by atoms with Crippen LogP contribution in [0.25, 0.3) is 0 Å². The maximum Gasteiger partial charge on any atom is 0.408 e. The van der Waals surface area contributed by atoms with Gasteiger partial charge in [-0.15, -0.1) is 0 Å². The van der Waals surface area contributed by atoms with Crippen LogP contribution < -0.4 is 10.6 Å². The van der Waals surface area contributed by atoms with E-state index in [-0.39, 0.29) is 12.3 Å². The van der Waals surface area contributed by atoms with Crippen LogP contribution in [0, 0.1) is 12.8 Å². The van der Waals surface area contributed by atoms with Crippen LogP contribution in [-0.4, -0.2) is 57.6 Å². The van der Waals surface area contributed by atoms with Crippen molar-refractivity contribution in [2.24, 2.45) is 5.92 Å². The first-order valence-corrected chi connectivity index (χ1v) is 16.6. The summed E-state index contributed by atoms with van der Waals surface area (Å²) in [5, 5.41) is 5.78. The van der Waals surface area contributed by atoms with Gasteiger partial charge in [0.2, 0.25) is 11.8 Å². The average molecular weight is 652 g/mol. The van der Waals surface area contributed by atoms with Crippen molar-refractivity contribution in [3.63, 3.8) is 0 Å². The summed E-state index contributed by atoms with van der Waals surface area (Å²) in [4.78, 5) is 57.6. The highest BCUT2D eigenvalue weighted by atomic mass is 16.6. The van der Waals surface area contributed by atoms with Crippen LogP contribution in [0.2, 0.25) is 0 Å².